The van der Waals surface area contributed by atoms with E-state index in [0.29, 0.717) is 19.2 Å². The van der Waals surface area contributed by atoms with Gasteiger partial charge in [-0.25, -0.2) is 9.97 Å². The third kappa shape index (κ3) is 3.72. The molecule has 0 amide bonds. The molecule has 0 fully saturated rings. The van der Waals surface area contributed by atoms with Crippen molar-refractivity contribution in [2.45, 2.75) is 13.0 Å². The molecule has 2 N–H and O–H groups in total. The largest absolute Gasteiger partial charge is 0.491 e. The fraction of sp³-hybridized carbons (Fsp3) is 0.375. The van der Waals surface area contributed by atoms with E-state index in [1.165, 1.54) is 5.56 Å². The minimum atomic E-state index is 0.546. The van der Waals surface area contributed by atoms with E-state index >= 15 is 0 Å². The van der Waals surface area contributed by atoms with Crippen LogP contribution >= 0.6 is 0 Å². The molecule has 0 spiro atoms. The second kappa shape index (κ2) is 7.20. The molecule has 6 heteroatoms. The first-order valence-corrected chi connectivity index (χ1v) is 7.39. The van der Waals surface area contributed by atoms with Gasteiger partial charge in [0.2, 0.25) is 5.95 Å². The lowest BCUT2D eigenvalue weighted by Crippen LogP contribution is -2.25. The Labute approximate surface area is 129 Å². The van der Waals surface area contributed by atoms with Crippen molar-refractivity contribution in [3.63, 3.8) is 0 Å². The zero-order valence-corrected chi connectivity index (χ0v) is 12.6. The van der Waals surface area contributed by atoms with Crippen molar-refractivity contribution < 1.29 is 9.47 Å². The summed E-state index contributed by atoms with van der Waals surface area (Å²) in [6.45, 7) is 2.92. The Bertz CT molecular complexity index is 616. The predicted octanol–water partition coefficient (Wildman–Crippen LogP) is 1.89. The SMILES string of the molecule is COCCOc1ccc(Nc2ncc3c(n2)CNCC3)cc1. The molecule has 0 saturated carbocycles. The number of anilines is 2. The molecule has 0 aliphatic carbocycles. The lowest BCUT2D eigenvalue weighted by molar-refractivity contribution is 0.146. The highest BCUT2D eigenvalue weighted by molar-refractivity contribution is 5.54. The molecular weight excluding hydrogens is 280 g/mol. The number of ether oxygens (including phenoxy) is 2. The van der Waals surface area contributed by atoms with Gasteiger partial charge in [0.15, 0.2) is 0 Å². The second-order valence-electron chi connectivity index (χ2n) is 5.08. The lowest BCUT2D eigenvalue weighted by Gasteiger charge is -2.16. The van der Waals surface area contributed by atoms with Crippen molar-refractivity contribution in [1.82, 2.24) is 15.3 Å². The maximum Gasteiger partial charge on any atom is 0.227 e. The zero-order chi connectivity index (χ0) is 15.2. The lowest BCUT2D eigenvalue weighted by atomic mass is 10.1. The highest BCUT2D eigenvalue weighted by Gasteiger charge is 2.11. The quantitative estimate of drug-likeness (QED) is 0.794. The van der Waals surface area contributed by atoms with Crippen LogP contribution in [0.2, 0.25) is 0 Å². The van der Waals surface area contributed by atoms with Crippen LogP contribution < -0.4 is 15.4 Å². The summed E-state index contributed by atoms with van der Waals surface area (Å²) in [5, 5.41) is 6.54. The average Bonchev–Trinajstić information content (AvgIpc) is 2.57. The number of fused-ring (bicyclic) bond motifs is 1. The van der Waals surface area contributed by atoms with E-state index in [1.54, 1.807) is 7.11 Å². The smallest absolute Gasteiger partial charge is 0.227 e. The molecule has 3 rings (SSSR count). The molecule has 0 bridgehead atoms. The Morgan fingerprint density at radius 2 is 2.09 bits per heavy atom. The summed E-state index contributed by atoms with van der Waals surface area (Å²) in [5.41, 5.74) is 3.23. The first-order chi connectivity index (χ1) is 10.8. The Hall–Kier alpha value is -2.18. The topological polar surface area (TPSA) is 68.3 Å². The maximum absolute atomic E-state index is 5.53. The number of nitrogens with one attached hydrogen (secondary N) is 2. The van der Waals surface area contributed by atoms with Gasteiger partial charge in [-0.1, -0.05) is 0 Å². The molecule has 6 nitrogen and oxygen atoms in total. The van der Waals surface area contributed by atoms with E-state index in [0.717, 1.165) is 36.6 Å². The van der Waals surface area contributed by atoms with Crippen molar-refractivity contribution in [3.8, 4) is 5.75 Å². The summed E-state index contributed by atoms with van der Waals surface area (Å²) in [7, 11) is 1.66. The van der Waals surface area contributed by atoms with Crippen molar-refractivity contribution in [2.24, 2.45) is 0 Å². The fourth-order valence-electron chi connectivity index (χ4n) is 2.30. The number of benzene rings is 1. The van der Waals surface area contributed by atoms with Crippen molar-refractivity contribution in [1.29, 1.82) is 0 Å². The molecule has 0 unspecified atom stereocenters. The normalized spacial score (nSPS) is 13.5. The predicted molar refractivity (Wildman–Crippen MR) is 84.5 cm³/mol. The Kier molecular flexibility index (Phi) is 4.82. The highest BCUT2D eigenvalue weighted by atomic mass is 16.5. The van der Waals surface area contributed by atoms with Gasteiger partial charge in [0.1, 0.15) is 12.4 Å². The first-order valence-electron chi connectivity index (χ1n) is 7.39. The van der Waals surface area contributed by atoms with Crippen LogP contribution in [0.4, 0.5) is 11.6 Å². The van der Waals surface area contributed by atoms with Crippen LogP contribution in [0.5, 0.6) is 5.75 Å². The Morgan fingerprint density at radius 1 is 1.23 bits per heavy atom. The molecule has 116 valence electrons. The van der Waals surface area contributed by atoms with Crippen LogP contribution in [-0.4, -0.2) is 36.8 Å². The number of nitrogens with zero attached hydrogens (tertiary/aromatic N) is 2. The molecule has 0 atom stereocenters. The number of rotatable bonds is 6. The molecule has 1 aromatic heterocycles. The highest BCUT2D eigenvalue weighted by Crippen LogP contribution is 2.19. The Balaban J connectivity index is 1.63. The van der Waals surface area contributed by atoms with Gasteiger partial charge in [-0.05, 0) is 42.8 Å². The Morgan fingerprint density at radius 3 is 2.91 bits per heavy atom. The number of methoxy groups -OCH3 is 1. The molecule has 2 aromatic rings. The van der Waals surface area contributed by atoms with Gasteiger partial charge in [-0.2, -0.15) is 0 Å². The molecule has 0 radical (unpaired) electrons. The molecule has 1 aromatic carbocycles. The minimum absolute atomic E-state index is 0.546. The molecule has 22 heavy (non-hydrogen) atoms. The second-order valence-corrected chi connectivity index (χ2v) is 5.08. The van der Waals surface area contributed by atoms with E-state index < -0.39 is 0 Å². The minimum Gasteiger partial charge on any atom is -0.491 e. The van der Waals surface area contributed by atoms with Crippen molar-refractivity contribution >= 4 is 11.6 Å². The van der Waals surface area contributed by atoms with E-state index in [2.05, 4.69) is 20.6 Å². The molecule has 1 aliphatic heterocycles. The van der Waals surface area contributed by atoms with Gasteiger partial charge in [-0.15, -0.1) is 0 Å². The summed E-state index contributed by atoms with van der Waals surface area (Å²) in [5.74, 6) is 1.44. The zero-order valence-electron chi connectivity index (χ0n) is 12.6. The molecule has 1 aliphatic rings. The van der Waals surface area contributed by atoms with Gasteiger partial charge in [0.05, 0.1) is 12.3 Å². The van der Waals surface area contributed by atoms with E-state index in [9.17, 15) is 0 Å². The van der Waals surface area contributed by atoms with Gasteiger partial charge in [0.25, 0.3) is 0 Å². The standard InChI is InChI=1S/C16H20N4O2/c1-21-8-9-22-14-4-2-13(3-5-14)19-16-18-10-12-6-7-17-11-15(12)20-16/h2-5,10,17H,6-9,11H2,1H3,(H,18,19,20). The summed E-state index contributed by atoms with van der Waals surface area (Å²) < 4.78 is 10.5. The van der Waals surface area contributed by atoms with Crippen molar-refractivity contribution in [3.05, 3.63) is 41.7 Å². The van der Waals surface area contributed by atoms with Crippen LogP contribution in [-0.2, 0) is 17.7 Å². The van der Waals surface area contributed by atoms with Gasteiger partial charge in [0, 0.05) is 25.5 Å². The molecule has 2 heterocycles. The van der Waals surface area contributed by atoms with Crippen LogP contribution in [0.15, 0.2) is 30.5 Å². The van der Waals surface area contributed by atoms with Crippen LogP contribution in [0, 0.1) is 0 Å². The van der Waals surface area contributed by atoms with Gasteiger partial charge < -0.3 is 20.1 Å². The van der Waals surface area contributed by atoms with Crippen LogP contribution in [0.3, 0.4) is 0 Å². The maximum atomic E-state index is 5.53. The third-order valence-electron chi connectivity index (χ3n) is 3.48. The monoisotopic (exact) mass is 300 g/mol. The van der Waals surface area contributed by atoms with E-state index in [4.69, 9.17) is 9.47 Å². The van der Waals surface area contributed by atoms with Crippen molar-refractivity contribution in [2.75, 3.05) is 32.2 Å². The average molecular weight is 300 g/mol. The fourth-order valence-corrected chi connectivity index (χ4v) is 2.30. The summed E-state index contributed by atoms with van der Waals surface area (Å²) in [6.07, 6.45) is 2.90. The number of aromatic nitrogens is 2. The van der Waals surface area contributed by atoms with E-state index in [-0.39, 0.29) is 0 Å². The third-order valence-corrected chi connectivity index (χ3v) is 3.48. The number of hydrogen-bond donors (Lipinski definition) is 2. The van der Waals surface area contributed by atoms with Gasteiger partial charge in [-0.3, -0.25) is 0 Å². The molecular formula is C16H20N4O2. The van der Waals surface area contributed by atoms with E-state index in [1.807, 2.05) is 30.5 Å². The van der Waals surface area contributed by atoms with Gasteiger partial charge >= 0.3 is 0 Å². The van der Waals surface area contributed by atoms with Crippen LogP contribution in [0.1, 0.15) is 11.3 Å². The molecule has 0 saturated heterocycles. The van der Waals surface area contributed by atoms with Crippen LogP contribution in [0.25, 0.3) is 0 Å². The summed E-state index contributed by atoms with van der Waals surface area (Å²) in [6, 6.07) is 7.72. The summed E-state index contributed by atoms with van der Waals surface area (Å²) >= 11 is 0. The first kappa shape index (κ1) is 14.7. The number of hydrogen-bond acceptors (Lipinski definition) is 6. The summed E-state index contributed by atoms with van der Waals surface area (Å²) in [4.78, 5) is 8.93.